The second-order valence-corrected chi connectivity index (χ2v) is 7.21. The molecule has 0 bridgehead atoms. The molecule has 100 valence electrons. The van der Waals surface area contributed by atoms with E-state index in [1.54, 1.807) is 12.1 Å². The number of hydrogen-bond donors (Lipinski definition) is 1. The zero-order valence-electron chi connectivity index (χ0n) is 10.9. The van der Waals surface area contributed by atoms with Gasteiger partial charge in [-0.3, -0.25) is 4.90 Å². The summed E-state index contributed by atoms with van der Waals surface area (Å²) in [5.74, 6) is 0.838. The summed E-state index contributed by atoms with van der Waals surface area (Å²) in [6, 6.07) is 6.11. The molecule has 18 heavy (non-hydrogen) atoms. The Morgan fingerprint density at radius 2 is 2.06 bits per heavy atom. The molecule has 0 saturated carbocycles. The smallest absolute Gasteiger partial charge is 0.123 e. The summed E-state index contributed by atoms with van der Waals surface area (Å²) in [6.45, 7) is 7.07. The van der Waals surface area contributed by atoms with E-state index in [4.69, 9.17) is 0 Å². The average Bonchev–Trinajstić information content (AvgIpc) is 2.28. The van der Waals surface area contributed by atoms with Gasteiger partial charge in [-0.25, -0.2) is 4.39 Å². The van der Waals surface area contributed by atoms with E-state index in [1.807, 2.05) is 11.8 Å². The summed E-state index contributed by atoms with van der Waals surface area (Å²) in [7, 11) is 0. The molecule has 1 heterocycles. The van der Waals surface area contributed by atoms with Crippen LogP contribution in [0.1, 0.15) is 25.5 Å². The van der Waals surface area contributed by atoms with Crippen LogP contribution >= 0.6 is 11.8 Å². The molecular weight excluding hydrogens is 249 g/mol. The number of hydrogen-bond acceptors (Lipinski definition) is 3. The van der Waals surface area contributed by atoms with Gasteiger partial charge in [0.05, 0.1) is 6.10 Å². The number of β-amino-alcohol motifs (C(OH)–C–C–N with tert-alkyl or cyclic N) is 1. The Bertz CT molecular complexity index is 393. The van der Waals surface area contributed by atoms with Crippen molar-refractivity contribution in [3.8, 4) is 0 Å². The summed E-state index contributed by atoms with van der Waals surface area (Å²) in [5.41, 5.74) is 0.785. The first-order chi connectivity index (χ1) is 8.46. The SMILES string of the molecule is CC1(C)CN(CC(O)c2ccc(F)cc2)CCS1. The van der Waals surface area contributed by atoms with E-state index in [0.717, 1.165) is 24.4 Å². The number of rotatable bonds is 3. The average molecular weight is 269 g/mol. The Kier molecular flexibility index (Phi) is 4.30. The summed E-state index contributed by atoms with van der Waals surface area (Å²) >= 11 is 1.98. The maximum atomic E-state index is 12.8. The van der Waals surface area contributed by atoms with E-state index >= 15 is 0 Å². The number of thioether (sulfide) groups is 1. The molecule has 1 aliphatic rings. The van der Waals surface area contributed by atoms with Crippen LogP contribution in [-0.2, 0) is 0 Å². The Labute approximate surface area is 112 Å². The molecule has 4 heteroatoms. The first kappa shape index (κ1) is 13.8. The molecule has 2 rings (SSSR count). The summed E-state index contributed by atoms with van der Waals surface area (Å²) < 4.78 is 13.1. The lowest BCUT2D eigenvalue weighted by Crippen LogP contribution is -2.44. The number of aliphatic hydroxyl groups excluding tert-OH is 1. The van der Waals surface area contributed by atoms with E-state index < -0.39 is 6.10 Å². The monoisotopic (exact) mass is 269 g/mol. The molecule has 1 atom stereocenters. The van der Waals surface area contributed by atoms with Crippen LogP contribution in [0, 0.1) is 5.82 Å². The van der Waals surface area contributed by atoms with E-state index in [0.29, 0.717) is 6.54 Å². The van der Waals surface area contributed by atoms with Crippen LogP contribution in [0.3, 0.4) is 0 Å². The number of halogens is 1. The highest BCUT2D eigenvalue weighted by atomic mass is 32.2. The first-order valence-corrected chi connectivity index (χ1v) is 7.25. The molecule has 0 radical (unpaired) electrons. The number of nitrogens with zero attached hydrogens (tertiary/aromatic N) is 1. The third-order valence-corrected chi connectivity index (χ3v) is 4.49. The fourth-order valence-corrected chi connectivity index (χ4v) is 3.48. The summed E-state index contributed by atoms with van der Waals surface area (Å²) in [4.78, 5) is 2.28. The van der Waals surface area contributed by atoms with Crippen molar-refractivity contribution in [2.24, 2.45) is 0 Å². The highest BCUT2D eigenvalue weighted by Crippen LogP contribution is 2.30. The topological polar surface area (TPSA) is 23.5 Å². The van der Waals surface area contributed by atoms with Gasteiger partial charge < -0.3 is 5.11 Å². The largest absolute Gasteiger partial charge is 0.387 e. The van der Waals surface area contributed by atoms with Crippen molar-refractivity contribution in [1.82, 2.24) is 4.90 Å². The van der Waals surface area contributed by atoms with Gasteiger partial charge in [0.2, 0.25) is 0 Å². The van der Waals surface area contributed by atoms with Crippen LogP contribution in [0.15, 0.2) is 24.3 Å². The minimum atomic E-state index is -0.538. The highest BCUT2D eigenvalue weighted by molar-refractivity contribution is 8.00. The molecule has 1 fully saturated rings. The molecule has 1 aromatic rings. The van der Waals surface area contributed by atoms with Crippen LogP contribution in [0.5, 0.6) is 0 Å². The standard InChI is InChI=1S/C14H20FNOS/c1-14(2)10-16(7-8-18-14)9-13(17)11-3-5-12(15)6-4-11/h3-6,13,17H,7-10H2,1-2H3. The lowest BCUT2D eigenvalue weighted by molar-refractivity contribution is 0.110. The van der Waals surface area contributed by atoms with Gasteiger partial charge in [0.25, 0.3) is 0 Å². The fourth-order valence-electron chi connectivity index (χ4n) is 2.30. The summed E-state index contributed by atoms with van der Waals surface area (Å²) in [5, 5.41) is 10.2. The van der Waals surface area contributed by atoms with Crippen LogP contribution < -0.4 is 0 Å². The highest BCUT2D eigenvalue weighted by Gasteiger charge is 2.28. The molecular formula is C14H20FNOS. The molecule has 1 saturated heterocycles. The number of aliphatic hydroxyl groups is 1. The fraction of sp³-hybridized carbons (Fsp3) is 0.571. The second kappa shape index (κ2) is 5.59. The van der Waals surface area contributed by atoms with Crippen molar-refractivity contribution < 1.29 is 9.50 Å². The molecule has 0 spiro atoms. The molecule has 0 amide bonds. The predicted molar refractivity (Wildman–Crippen MR) is 74.3 cm³/mol. The van der Waals surface area contributed by atoms with Crippen LogP contribution in [0.4, 0.5) is 4.39 Å². The van der Waals surface area contributed by atoms with Gasteiger partial charge in [0.15, 0.2) is 0 Å². The third-order valence-electron chi connectivity index (χ3n) is 3.19. The minimum absolute atomic E-state index is 0.251. The Morgan fingerprint density at radius 3 is 2.67 bits per heavy atom. The number of benzene rings is 1. The van der Waals surface area contributed by atoms with Gasteiger partial charge >= 0.3 is 0 Å². The second-order valence-electron chi connectivity index (χ2n) is 5.41. The van der Waals surface area contributed by atoms with Crippen molar-refractivity contribution >= 4 is 11.8 Å². The Balaban J connectivity index is 1.94. The van der Waals surface area contributed by atoms with E-state index in [2.05, 4.69) is 18.7 Å². The van der Waals surface area contributed by atoms with Crippen LogP contribution in [0.25, 0.3) is 0 Å². The molecule has 1 N–H and O–H groups in total. The maximum Gasteiger partial charge on any atom is 0.123 e. The van der Waals surface area contributed by atoms with Crippen molar-refractivity contribution in [3.05, 3.63) is 35.6 Å². The quantitative estimate of drug-likeness (QED) is 0.912. The van der Waals surface area contributed by atoms with Crippen molar-refractivity contribution in [2.45, 2.75) is 24.7 Å². The maximum absolute atomic E-state index is 12.8. The molecule has 0 aliphatic carbocycles. The minimum Gasteiger partial charge on any atom is -0.387 e. The van der Waals surface area contributed by atoms with Crippen molar-refractivity contribution in [3.63, 3.8) is 0 Å². The molecule has 1 aliphatic heterocycles. The van der Waals surface area contributed by atoms with Gasteiger partial charge in [0.1, 0.15) is 5.82 Å². The van der Waals surface area contributed by atoms with E-state index in [-0.39, 0.29) is 10.6 Å². The van der Waals surface area contributed by atoms with E-state index in [1.165, 1.54) is 12.1 Å². The van der Waals surface area contributed by atoms with Crippen LogP contribution in [0.2, 0.25) is 0 Å². The van der Waals surface area contributed by atoms with Gasteiger partial charge in [-0.15, -0.1) is 0 Å². The van der Waals surface area contributed by atoms with Gasteiger partial charge in [-0.1, -0.05) is 12.1 Å². The molecule has 2 nitrogen and oxygen atoms in total. The molecule has 1 aromatic carbocycles. The first-order valence-electron chi connectivity index (χ1n) is 6.26. The molecule has 1 unspecified atom stereocenters. The third kappa shape index (κ3) is 3.70. The van der Waals surface area contributed by atoms with Gasteiger partial charge in [0, 0.05) is 30.1 Å². The lowest BCUT2D eigenvalue weighted by atomic mass is 10.1. The Hall–Kier alpha value is -0.580. The van der Waals surface area contributed by atoms with Crippen molar-refractivity contribution in [2.75, 3.05) is 25.4 Å². The summed E-state index contributed by atoms with van der Waals surface area (Å²) in [6.07, 6.45) is -0.538. The zero-order chi connectivity index (χ0) is 13.2. The van der Waals surface area contributed by atoms with Crippen LogP contribution in [-0.4, -0.2) is 40.1 Å². The van der Waals surface area contributed by atoms with Gasteiger partial charge in [-0.2, -0.15) is 11.8 Å². The lowest BCUT2D eigenvalue weighted by Gasteiger charge is -2.38. The predicted octanol–water partition coefficient (Wildman–Crippen LogP) is 2.69. The van der Waals surface area contributed by atoms with Gasteiger partial charge in [-0.05, 0) is 31.5 Å². The normalized spacial score (nSPS) is 21.8. The van der Waals surface area contributed by atoms with E-state index in [9.17, 15) is 9.50 Å². The zero-order valence-corrected chi connectivity index (χ0v) is 11.7. The Morgan fingerprint density at radius 1 is 1.39 bits per heavy atom. The molecule has 0 aromatic heterocycles. The van der Waals surface area contributed by atoms with Crippen molar-refractivity contribution in [1.29, 1.82) is 0 Å².